The third kappa shape index (κ3) is 3.34. The van der Waals surface area contributed by atoms with Gasteiger partial charge in [-0.3, -0.25) is 10.1 Å². The van der Waals surface area contributed by atoms with E-state index in [2.05, 4.69) is 15.3 Å². The Morgan fingerprint density at radius 1 is 1.41 bits per heavy atom. The first-order chi connectivity index (χ1) is 10.6. The molecule has 0 aliphatic heterocycles. The van der Waals surface area contributed by atoms with Crippen LogP contribution in [0.15, 0.2) is 24.5 Å². The highest BCUT2D eigenvalue weighted by molar-refractivity contribution is 6.31. The summed E-state index contributed by atoms with van der Waals surface area (Å²) >= 11 is 5.94. The predicted molar refractivity (Wildman–Crippen MR) is 81.1 cm³/mol. The zero-order chi connectivity index (χ0) is 16.1. The third-order valence-corrected chi connectivity index (χ3v) is 2.90. The minimum absolute atomic E-state index is 0.0102. The molecular weight excluding hydrogens is 312 g/mol. The minimum Gasteiger partial charge on any atom is -0.495 e. The molecule has 0 radical (unpaired) electrons. The fourth-order valence-electron chi connectivity index (χ4n) is 1.77. The number of ether oxygens (including phenoxy) is 2. The van der Waals surface area contributed by atoms with E-state index in [1.165, 1.54) is 13.4 Å². The second-order valence-corrected chi connectivity index (χ2v) is 4.47. The lowest BCUT2D eigenvalue weighted by Gasteiger charge is -2.12. The van der Waals surface area contributed by atoms with Gasteiger partial charge in [-0.1, -0.05) is 11.6 Å². The molecule has 1 aromatic carbocycles. The topological polar surface area (TPSA) is 99.4 Å². The summed E-state index contributed by atoms with van der Waals surface area (Å²) in [6.07, 6.45) is 1.18. The molecule has 1 heterocycles. The maximum Gasteiger partial charge on any atom is 0.373 e. The molecular formula is C13H13ClN4O4. The Bertz CT molecular complexity index is 696. The van der Waals surface area contributed by atoms with Crippen LogP contribution in [0.5, 0.6) is 11.6 Å². The van der Waals surface area contributed by atoms with Gasteiger partial charge in [0.2, 0.25) is 5.82 Å². The number of hydrogen-bond acceptors (Lipinski definition) is 7. The molecule has 22 heavy (non-hydrogen) atoms. The number of benzene rings is 1. The lowest BCUT2D eigenvalue weighted by molar-refractivity contribution is -0.385. The summed E-state index contributed by atoms with van der Waals surface area (Å²) in [4.78, 5) is 18.4. The first-order valence-corrected chi connectivity index (χ1v) is 6.67. The Morgan fingerprint density at radius 2 is 2.18 bits per heavy atom. The van der Waals surface area contributed by atoms with Crippen LogP contribution in [-0.4, -0.2) is 28.6 Å². The quantitative estimate of drug-likeness (QED) is 0.643. The van der Waals surface area contributed by atoms with Crippen LogP contribution in [0.25, 0.3) is 0 Å². The van der Waals surface area contributed by atoms with Gasteiger partial charge in [0.25, 0.3) is 5.88 Å². The van der Waals surface area contributed by atoms with Crippen molar-refractivity contribution < 1.29 is 14.4 Å². The lowest BCUT2D eigenvalue weighted by atomic mass is 10.3. The Balaban J connectivity index is 2.47. The number of anilines is 2. The average Bonchev–Trinajstić information content (AvgIpc) is 2.47. The number of nitrogens with zero attached hydrogens (tertiary/aromatic N) is 3. The fourth-order valence-corrected chi connectivity index (χ4v) is 1.94. The molecule has 1 aromatic heterocycles. The van der Waals surface area contributed by atoms with Crippen molar-refractivity contribution in [3.05, 3.63) is 39.7 Å². The Kier molecular flexibility index (Phi) is 4.95. The molecule has 0 bridgehead atoms. The van der Waals surface area contributed by atoms with Crippen molar-refractivity contribution in [2.24, 2.45) is 0 Å². The third-order valence-electron chi connectivity index (χ3n) is 2.67. The largest absolute Gasteiger partial charge is 0.495 e. The van der Waals surface area contributed by atoms with Gasteiger partial charge in [0, 0.05) is 5.02 Å². The van der Waals surface area contributed by atoms with Crippen LogP contribution in [0.1, 0.15) is 6.92 Å². The summed E-state index contributed by atoms with van der Waals surface area (Å²) in [5.74, 6) is 0.352. The molecule has 0 aliphatic carbocycles. The van der Waals surface area contributed by atoms with Crippen molar-refractivity contribution in [2.45, 2.75) is 6.92 Å². The van der Waals surface area contributed by atoms with Gasteiger partial charge < -0.3 is 14.8 Å². The predicted octanol–water partition coefficient (Wildman–Crippen LogP) is 3.19. The van der Waals surface area contributed by atoms with Gasteiger partial charge in [-0.15, -0.1) is 0 Å². The standard InChI is InChI=1S/C13H13ClN4O4/c1-3-22-13-11(18(19)20)12(15-7-16-13)17-9-6-8(14)4-5-10(9)21-2/h4-7H,3H2,1-2H3,(H,15,16,17). The van der Waals surface area contributed by atoms with Gasteiger partial charge in [0.1, 0.15) is 12.1 Å². The van der Waals surface area contributed by atoms with Gasteiger partial charge in [0.15, 0.2) is 0 Å². The molecule has 0 unspecified atom stereocenters. The smallest absolute Gasteiger partial charge is 0.373 e. The van der Waals surface area contributed by atoms with Gasteiger partial charge in [-0.05, 0) is 25.1 Å². The molecule has 9 heteroatoms. The van der Waals surface area contributed by atoms with Crippen molar-refractivity contribution in [1.82, 2.24) is 9.97 Å². The molecule has 1 N–H and O–H groups in total. The Labute approximate surface area is 131 Å². The molecule has 8 nitrogen and oxygen atoms in total. The van der Waals surface area contributed by atoms with E-state index in [1.807, 2.05) is 0 Å². The number of nitrogens with one attached hydrogen (secondary N) is 1. The van der Waals surface area contributed by atoms with Crippen LogP contribution in [0, 0.1) is 10.1 Å². The summed E-state index contributed by atoms with van der Waals surface area (Å²) < 4.78 is 10.4. The van der Waals surface area contributed by atoms with E-state index < -0.39 is 4.92 Å². The fraction of sp³-hybridized carbons (Fsp3) is 0.231. The Hall–Kier alpha value is -2.61. The number of methoxy groups -OCH3 is 1. The number of halogens is 1. The second kappa shape index (κ2) is 6.90. The summed E-state index contributed by atoms with van der Waals surface area (Å²) in [6.45, 7) is 1.96. The molecule has 2 aromatic rings. The van der Waals surface area contributed by atoms with Gasteiger partial charge in [-0.2, -0.15) is 4.98 Å². The summed E-state index contributed by atoms with van der Waals surface area (Å²) in [6, 6.07) is 4.86. The van der Waals surface area contributed by atoms with Crippen LogP contribution in [0.2, 0.25) is 5.02 Å². The highest BCUT2D eigenvalue weighted by atomic mass is 35.5. The van der Waals surface area contributed by atoms with Crippen molar-refractivity contribution in [3.63, 3.8) is 0 Å². The summed E-state index contributed by atoms with van der Waals surface area (Å²) in [5, 5.41) is 14.6. The normalized spacial score (nSPS) is 10.1. The number of aromatic nitrogens is 2. The Morgan fingerprint density at radius 3 is 2.82 bits per heavy atom. The number of rotatable bonds is 6. The highest BCUT2D eigenvalue weighted by Crippen LogP contribution is 2.36. The van der Waals surface area contributed by atoms with Crippen molar-refractivity contribution in [1.29, 1.82) is 0 Å². The lowest BCUT2D eigenvalue weighted by Crippen LogP contribution is -2.05. The average molecular weight is 325 g/mol. The van der Waals surface area contributed by atoms with Crippen LogP contribution < -0.4 is 14.8 Å². The summed E-state index contributed by atoms with van der Waals surface area (Å²) in [5.41, 5.74) is 0.0885. The van der Waals surface area contributed by atoms with E-state index in [4.69, 9.17) is 21.1 Å². The molecule has 0 aliphatic rings. The first kappa shape index (κ1) is 15.8. The molecule has 0 spiro atoms. The van der Waals surface area contributed by atoms with Crippen molar-refractivity contribution >= 4 is 28.8 Å². The van der Waals surface area contributed by atoms with E-state index in [9.17, 15) is 10.1 Å². The summed E-state index contributed by atoms with van der Waals surface area (Å²) in [7, 11) is 1.48. The van der Waals surface area contributed by atoms with Gasteiger partial charge in [0.05, 0.1) is 24.3 Å². The molecule has 116 valence electrons. The van der Waals surface area contributed by atoms with Crippen molar-refractivity contribution in [2.75, 3.05) is 19.0 Å². The van der Waals surface area contributed by atoms with E-state index in [0.717, 1.165) is 0 Å². The zero-order valence-corrected chi connectivity index (χ0v) is 12.6. The monoisotopic (exact) mass is 324 g/mol. The van der Waals surface area contributed by atoms with Crippen LogP contribution >= 0.6 is 11.6 Å². The van der Waals surface area contributed by atoms with Crippen LogP contribution in [0.4, 0.5) is 17.2 Å². The number of nitro groups is 1. The molecule has 0 fully saturated rings. The van der Waals surface area contributed by atoms with Gasteiger partial charge >= 0.3 is 5.69 Å². The maximum absolute atomic E-state index is 11.3. The molecule has 0 saturated heterocycles. The SMILES string of the molecule is CCOc1ncnc(Nc2cc(Cl)ccc2OC)c1[N+](=O)[O-]. The highest BCUT2D eigenvalue weighted by Gasteiger charge is 2.25. The zero-order valence-electron chi connectivity index (χ0n) is 11.9. The molecule has 0 atom stereocenters. The maximum atomic E-state index is 11.3. The van der Waals surface area contributed by atoms with Crippen molar-refractivity contribution in [3.8, 4) is 11.6 Å². The van der Waals surface area contributed by atoms with E-state index in [0.29, 0.717) is 16.5 Å². The molecule has 0 saturated carbocycles. The van der Waals surface area contributed by atoms with E-state index >= 15 is 0 Å². The minimum atomic E-state index is -0.607. The first-order valence-electron chi connectivity index (χ1n) is 6.29. The van der Waals surface area contributed by atoms with E-state index in [1.54, 1.807) is 25.1 Å². The molecule has 0 amide bonds. The second-order valence-electron chi connectivity index (χ2n) is 4.04. The van der Waals surface area contributed by atoms with Crippen LogP contribution in [0.3, 0.4) is 0 Å². The van der Waals surface area contributed by atoms with Crippen LogP contribution in [-0.2, 0) is 0 Å². The van der Waals surface area contributed by atoms with Gasteiger partial charge in [-0.25, -0.2) is 4.98 Å². The van der Waals surface area contributed by atoms with E-state index in [-0.39, 0.29) is 24.0 Å². The number of hydrogen-bond donors (Lipinski definition) is 1. The molecule has 2 rings (SSSR count).